The van der Waals surface area contributed by atoms with Gasteiger partial charge in [-0.2, -0.15) is 0 Å². The van der Waals surface area contributed by atoms with Gasteiger partial charge in [-0.1, -0.05) is 49.4 Å². The van der Waals surface area contributed by atoms with Crippen molar-refractivity contribution < 1.29 is 23.4 Å². The van der Waals surface area contributed by atoms with Gasteiger partial charge in [0.25, 0.3) is 0 Å². The molecule has 0 saturated heterocycles. The van der Waals surface area contributed by atoms with E-state index in [9.17, 15) is 14.4 Å². The molecule has 0 aliphatic rings. The van der Waals surface area contributed by atoms with E-state index in [4.69, 9.17) is 10.5 Å². The lowest BCUT2D eigenvalue weighted by molar-refractivity contribution is -0.128. The Balaban J connectivity index is 0. The summed E-state index contributed by atoms with van der Waals surface area (Å²) < 4.78 is 5.35. The minimum atomic E-state index is -0.766. The number of Topliss-reactive ketones (excluding diaryl/α,β-unsaturated/α-hetero) is 1. The quantitative estimate of drug-likeness (QED) is 0.451. The average Bonchev–Trinajstić information content (AvgIpc) is 2.76. The molecule has 0 aliphatic carbocycles. The number of primary amides is 1. The topological polar surface area (TPSA) is 111 Å². The van der Waals surface area contributed by atoms with Gasteiger partial charge in [0, 0.05) is 4.28 Å². The van der Waals surface area contributed by atoms with Gasteiger partial charge >= 0.3 is 0 Å². The summed E-state index contributed by atoms with van der Waals surface area (Å²) in [4.78, 5) is 35.7. The van der Waals surface area contributed by atoms with Crippen LogP contribution >= 0.6 is 0 Å². The van der Waals surface area contributed by atoms with Crippen molar-refractivity contribution in [3.63, 3.8) is 0 Å². The number of likely N-dealkylation sites (N-methyl/N-ethyl adjacent to an activating group) is 1. The van der Waals surface area contributed by atoms with Gasteiger partial charge in [-0.3, -0.25) is 14.4 Å². The molecule has 2 aromatic rings. The van der Waals surface area contributed by atoms with Crippen LogP contribution < -0.4 is 21.1 Å². The fraction of sp³-hybridized carbons (Fsp3) is 0.375. The first-order valence-electron chi connectivity index (χ1n) is 10.5. The molecule has 4 N–H and O–H groups in total. The summed E-state index contributed by atoms with van der Waals surface area (Å²) in [5.41, 5.74) is 7.55. The van der Waals surface area contributed by atoms with Crippen molar-refractivity contribution in [3.05, 3.63) is 65.7 Å². The second-order valence-corrected chi connectivity index (χ2v) is 7.44. The number of aryl methyl sites for hydroxylation is 1. The normalized spacial score (nSPS) is 12.6. The Kier molecular flexibility index (Phi) is 9.71. The Morgan fingerprint density at radius 3 is 2.26 bits per heavy atom. The van der Waals surface area contributed by atoms with Crippen LogP contribution in [0.2, 0.25) is 0 Å². The highest BCUT2D eigenvalue weighted by Crippen LogP contribution is 2.14. The van der Waals surface area contributed by atoms with Crippen molar-refractivity contribution in [2.75, 3.05) is 13.2 Å². The molecule has 2 aromatic carbocycles. The average molecular weight is 432 g/mol. The maximum Gasteiger partial charge on any atom is 0.240 e. The third-order valence-electron chi connectivity index (χ3n) is 4.80. The fourth-order valence-corrected chi connectivity index (χ4v) is 3.16. The van der Waals surface area contributed by atoms with E-state index in [1.165, 1.54) is 6.92 Å². The molecule has 0 aromatic heterocycles. The lowest BCUT2D eigenvalue weighted by Crippen LogP contribution is -2.52. The van der Waals surface area contributed by atoms with Crippen LogP contribution in [0.3, 0.4) is 0 Å². The molecule has 0 bridgehead atoms. The van der Waals surface area contributed by atoms with Crippen LogP contribution in [0.15, 0.2) is 54.6 Å². The van der Waals surface area contributed by atoms with Crippen molar-refractivity contribution in [2.24, 2.45) is 5.73 Å². The SMILES string of the molecule is CCN[C@@H](Cc1ccccc1)C(=O)N[C@@H](CCc1ccc(OCC(C)=O)cc1)C(N)=O.[HH].[HH].[HH]. The number of benzene rings is 2. The number of rotatable bonds is 13. The molecular weight excluding hydrogens is 394 g/mol. The maximum atomic E-state index is 12.8. The Morgan fingerprint density at radius 1 is 1.00 bits per heavy atom. The van der Waals surface area contributed by atoms with Crippen molar-refractivity contribution in [1.29, 1.82) is 0 Å². The lowest BCUT2D eigenvalue weighted by atomic mass is 10.0. The zero-order valence-electron chi connectivity index (χ0n) is 18.1. The Hall–Kier alpha value is -3.19. The van der Waals surface area contributed by atoms with Gasteiger partial charge in [0.1, 0.15) is 18.4 Å². The first-order chi connectivity index (χ1) is 14.9. The number of amides is 2. The summed E-state index contributed by atoms with van der Waals surface area (Å²) >= 11 is 0. The zero-order valence-corrected chi connectivity index (χ0v) is 18.1. The highest BCUT2D eigenvalue weighted by atomic mass is 16.5. The molecule has 2 atom stereocenters. The Bertz CT molecular complexity index is 868. The summed E-state index contributed by atoms with van der Waals surface area (Å²) in [7, 11) is 0. The molecule has 0 aliphatic heterocycles. The summed E-state index contributed by atoms with van der Waals surface area (Å²) in [5.74, 6) is -0.257. The number of nitrogens with two attached hydrogens (primary N) is 1. The van der Waals surface area contributed by atoms with Crippen LogP contribution in [0.25, 0.3) is 0 Å². The van der Waals surface area contributed by atoms with E-state index in [0.29, 0.717) is 31.6 Å². The Labute approximate surface area is 187 Å². The predicted molar refractivity (Wildman–Crippen MR) is 126 cm³/mol. The summed E-state index contributed by atoms with van der Waals surface area (Å²) in [6.07, 6.45) is 1.47. The molecule has 0 spiro atoms. The number of hydrogen-bond donors (Lipinski definition) is 3. The lowest BCUT2D eigenvalue weighted by Gasteiger charge is -2.22. The number of ether oxygens (including phenoxy) is 1. The van der Waals surface area contributed by atoms with E-state index >= 15 is 0 Å². The fourth-order valence-electron chi connectivity index (χ4n) is 3.16. The van der Waals surface area contributed by atoms with Crippen LogP contribution in [-0.4, -0.2) is 42.8 Å². The van der Waals surface area contributed by atoms with Gasteiger partial charge in [0.05, 0.1) is 6.04 Å². The number of hydrogen-bond acceptors (Lipinski definition) is 5. The third kappa shape index (κ3) is 8.60. The largest absolute Gasteiger partial charge is 0.486 e. The molecule has 0 saturated carbocycles. The minimum absolute atomic E-state index is 0. The van der Waals surface area contributed by atoms with E-state index in [0.717, 1.165) is 11.1 Å². The molecule has 2 rings (SSSR count). The van der Waals surface area contributed by atoms with Gasteiger partial charge in [-0.25, -0.2) is 0 Å². The summed E-state index contributed by atoms with van der Waals surface area (Å²) in [6.45, 7) is 4.06. The van der Waals surface area contributed by atoms with Gasteiger partial charge in [0.15, 0.2) is 5.78 Å². The maximum absolute atomic E-state index is 12.8. The molecule has 0 unspecified atom stereocenters. The van der Waals surface area contributed by atoms with Crippen molar-refractivity contribution in [2.45, 2.75) is 45.2 Å². The van der Waals surface area contributed by atoms with Crippen molar-refractivity contribution in [1.82, 2.24) is 10.6 Å². The molecule has 2 amide bonds. The van der Waals surface area contributed by atoms with Crippen LogP contribution in [0.4, 0.5) is 0 Å². The number of nitrogens with one attached hydrogen (secondary N) is 2. The first kappa shape index (κ1) is 24.1. The number of carbonyl (C=O) groups excluding carboxylic acids is 3. The van der Waals surface area contributed by atoms with E-state index < -0.39 is 18.0 Å². The number of carbonyl (C=O) groups is 3. The monoisotopic (exact) mass is 431 g/mol. The van der Waals surface area contributed by atoms with Gasteiger partial charge in [-0.05, 0) is 56.0 Å². The number of ketones is 1. The summed E-state index contributed by atoms with van der Waals surface area (Å²) in [5, 5.41) is 5.97. The van der Waals surface area contributed by atoms with Gasteiger partial charge in [-0.15, -0.1) is 0 Å². The van der Waals surface area contributed by atoms with E-state index in [2.05, 4.69) is 10.6 Å². The molecular formula is C24H37N3O4. The second kappa shape index (κ2) is 12.5. The smallest absolute Gasteiger partial charge is 0.240 e. The molecule has 0 radical (unpaired) electrons. The Morgan fingerprint density at radius 2 is 1.68 bits per heavy atom. The molecule has 31 heavy (non-hydrogen) atoms. The molecule has 172 valence electrons. The second-order valence-electron chi connectivity index (χ2n) is 7.44. The van der Waals surface area contributed by atoms with E-state index in [1.54, 1.807) is 12.1 Å². The third-order valence-corrected chi connectivity index (χ3v) is 4.80. The molecule has 0 fully saturated rings. The highest BCUT2D eigenvalue weighted by molar-refractivity contribution is 5.89. The van der Waals surface area contributed by atoms with E-state index in [-0.39, 0.29) is 22.6 Å². The standard InChI is InChI=1S/C24H31N3O4.3H2/c1-3-26-22(15-19-7-5-4-6-8-19)24(30)27-21(23(25)29)14-11-18-9-12-20(13-10-18)31-16-17(2)28;;;/h4-10,12-13,21-22,26H,3,11,14-16H2,1-2H3,(H2,25,29)(H,27,30);3*1H/t21-,22-;;;/m0.../s1. The molecule has 7 nitrogen and oxygen atoms in total. The highest BCUT2D eigenvalue weighted by Gasteiger charge is 2.24. The minimum Gasteiger partial charge on any atom is -0.486 e. The predicted octanol–water partition coefficient (Wildman–Crippen LogP) is 2.52. The van der Waals surface area contributed by atoms with E-state index in [1.807, 2.05) is 49.4 Å². The molecule has 7 heteroatoms. The van der Waals surface area contributed by atoms with Crippen molar-refractivity contribution >= 4 is 17.6 Å². The first-order valence-corrected chi connectivity index (χ1v) is 10.5. The van der Waals surface area contributed by atoms with Gasteiger partial charge < -0.3 is 21.1 Å². The van der Waals surface area contributed by atoms with Crippen LogP contribution in [-0.2, 0) is 27.2 Å². The molecule has 0 heterocycles. The van der Waals surface area contributed by atoms with Gasteiger partial charge in [0.2, 0.25) is 11.8 Å². The summed E-state index contributed by atoms with van der Waals surface area (Å²) in [6, 6.07) is 15.8. The zero-order chi connectivity index (χ0) is 22.6. The van der Waals surface area contributed by atoms with Crippen LogP contribution in [0.5, 0.6) is 5.75 Å². The van der Waals surface area contributed by atoms with Crippen LogP contribution in [0.1, 0.15) is 35.7 Å². The van der Waals surface area contributed by atoms with Crippen LogP contribution in [0, 0.1) is 0 Å². The van der Waals surface area contributed by atoms with Crippen molar-refractivity contribution in [3.8, 4) is 5.75 Å².